The minimum absolute atomic E-state index is 0.0288. The van der Waals surface area contributed by atoms with Crippen molar-refractivity contribution in [3.8, 4) is 0 Å². The number of methoxy groups -OCH3 is 1. The van der Waals surface area contributed by atoms with Crippen LogP contribution in [0.2, 0.25) is 0 Å². The number of carbonyl (C=O) groups excluding carboxylic acids is 2. The molecule has 0 aliphatic heterocycles. The molecule has 0 radical (unpaired) electrons. The van der Waals surface area contributed by atoms with Crippen LogP contribution in [0.15, 0.2) is 64.0 Å². The third kappa shape index (κ3) is 5.38. The first-order valence-electron chi connectivity index (χ1n) is 7.51. The molecule has 2 N–H and O–H groups in total. The van der Waals surface area contributed by atoms with E-state index < -0.39 is 34.5 Å². The number of ether oxygens (including phenoxy) is 1. The lowest BCUT2D eigenvalue weighted by molar-refractivity contribution is -0.145. The van der Waals surface area contributed by atoms with Gasteiger partial charge in [-0.25, -0.2) is 17.9 Å². The van der Waals surface area contributed by atoms with Crippen LogP contribution >= 0.6 is 15.9 Å². The van der Waals surface area contributed by atoms with Crippen molar-refractivity contribution in [2.75, 3.05) is 13.7 Å². The van der Waals surface area contributed by atoms with Crippen molar-refractivity contribution in [1.82, 2.24) is 10.0 Å². The van der Waals surface area contributed by atoms with Crippen LogP contribution in [0.5, 0.6) is 0 Å². The molecule has 7 nitrogen and oxygen atoms in total. The Kier molecular flexibility index (Phi) is 6.90. The van der Waals surface area contributed by atoms with E-state index in [-0.39, 0.29) is 4.90 Å². The molecule has 0 heterocycles. The summed E-state index contributed by atoms with van der Waals surface area (Å²) in [6.07, 6.45) is 0. The van der Waals surface area contributed by atoms with Crippen LogP contribution in [0.1, 0.15) is 11.6 Å². The van der Waals surface area contributed by atoms with Crippen molar-refractivity contribution in [3.63, 3.8) is 0 Å². The fraction of sp³-hybridized carbons (Fsp3) is 0.176. The van der Waals surface area contributed by atoms with Gasteiger partial charge in [0.15, 0.2) is 6.04 Å². The molecule has 0 bridgehead atoms. The van der Waals surface area contributed by atoms with Gasteiger partial charge in [-0.3, -0.25) is 4.79 Å². The fourth-order valence-electron chi connectivity index (χ4n) is 2.11. The SMILES string of the molecule is COC(=O)[C@H](NC(=O)CNS(=O)(=O)c1ccc(Br)cc1)c1ccccc1. The molecule has 138 valence electrons. The molecule has 0 aromatic heterocycles. The zero-order chi connectivity index (χ0) is 19.2. The molecule has 0 fully saturated rings. The van der Waals surface area contributed by atoms with Gasteiger partial charge in [-0.05, 0) is 29.8 Å². The number of hydrogen-bond donors (Lipinski definition) is 2. The van der Waals surface area contributed by atoms with Crippen LogP contribution in [-0.4, -0.2) is 33.9 Å². The minimum Gasteiger partial charge on any atom is -0.467 e. The Morgan fingerprint density at radius 2 is 1.69 bits per heavy atom. The molecule has 2 aromatic carbocycles. The lowest BCUT2D eigenvalue weighted by Gasteiger charge is -2.17. The predicted molar refractivity (Wildman–Crippen MR) is 98.7 cm³/mol. The smallest absolute Gasteiger partial charge is 0.333 e. The lowest BCUT2D eigenvalue weighted by atomic mass is 10.1. The van der Waals surface area contributed by atoms with E-state index in [9.17, 15) is 18.0 Å². The maximum absolute atomic E-state index is 12.2. The van der Waals surface area contributed by atoms with Crippen LogP contribution in [0, 0.1) is 0 Å². The Morgan fingerprint density at radius 3 is 2.27 bits per heavy atom. The van der Waals surface area contributed by atoms with E-state index in [1.165, 1.54) is 19.2 Å². The summed E-state index contributed by atoms with van der Waals surface area (Å²) in [5.74, 6) is -1.31. The number of halogens is 1. The van der Waals surface area contributed by atoms with Crippen molar-refractivity contribution in [1.29, 1.82) is 0 Å². The number of nitrogens with one attached hydrogen (secondary N) is 2. The van der Waals surface area contributed by atoms with Crippen LogP contribution in [-0.2, 0) is 24.3 Å². The second-order valence-electron chi connectivity index (χ2n) is 5.21. The first-order chi connectivity index (χ1) is 12.3. The molecule has 0 aliphatic rings. The van der Waals surface area contributed by atoms with E-state index in [2.05, 4.69) is 26.0 Å². The number of benzene rings is 2. The summed E-state index contributed by atoms with van der Waals surface area (Å²) in [5, 5.41) is 2.47. The molecular weight excluding hydrogens is 424 g/mol. The monoisotopic (exact) mass is 440 g/mol. The van der Waals surface area contributed by atoms with Crippen LogP contribution in [0.3, 0.4) is 0 Å². The Hall–Kier alpha value is -2.23. The van der Waals surface area contributed by atoms with Crippen molar-refractivity contribution >= 4 is 37.8 Å². The quantitative estimate of drug-likeness (QED) is 0.638. The fourth-order valence-corrected chi connectivity index (χ4v) is 3.36. The van der Waals surface area contributed by atoms with Crippen molar-refractivity contribution in [3.05, 3.63) is 64.6 Å². The van der Waals surface area contributed by atoms with Crippen molar-refractivity contribution in [2.45, 2.75) is 10.9 Å². The van der Waals surface area contributed by atoms with Gasteiger partial charge in [-0.1, -0.05) is 46.3 Å². The van der Waals surface area contributed by atoms with Gasteiger partial charge in [0.05, 0.1) is 18.6 Å². The minimum atomic E-state index is -3.85. The zero-order valence-electron chi connectivity index (χ0n) is 13.8. The molecule has 0 saturated carbocycles. The van der Waals surface area contributed by atoms with E-state index in [0.717, 1.165) is 4.47 Å². The highest BCUT2D eigenvalue weighted by Gasteiger charge is 2.24. The van der Waals surface area contributed by atoms with E-state index >= 15 is 0 Å². The summed E-state index contributed by atoms with van der Waals surface area (Å²) in [6, 6.07) is 13.5. The normalized spacial score (nSPS) is 12.2. The van der Waals surface area contributed by atoms with E-state index in [0.29, 0.717) is 5.56 Å². The highest BCUT2D eigenvalue weighted by molar-refractivity contribution is 9.10. The molecule has 0 saturated heterocycles. The van der Waals surface area contributed by atoms with Crippen LogP contribution in [0.25, 0.3) is 0 Å². The zero-order valence-corrected chi connectivity index (χ0v) is 16.2. The Morgan fingerprint density at radius 1 is 1.08 bits per heavy atom. The topological polar surface area (TPSA) is 102 Å². The number of rotatable bonds is 7. The summed E-state index contributed by atoms with van der Waals surface area (Å²) in [6.45, 7) is -0.515. The van der Waals surface area contributed by atoms with Gasteiger partial charge in [-0.2, -0.15) is 0 Å². The molecule has 0 aliphatic carbocycles. The third-order valence-electron chi connectivity index (χ3n) is 3.42. The molecular formula is C17H17BrN2O5S. The highest BCUT2D eigenvalue weighted by Crippen LogP contribution is 2.15. The highest BCUT2D eigenvalue weighted by atomic mass is 79.9. The van der Waals surface area contributed by atoms with Gasteiger partial charge >= 0.3 is 5.97 Å². The largest absolute Gasteiger partial charge is 0.467 e. The number of esters is 1. The molecule has 0 spiro atoms. The first kappa shape index (κ1) is 20.1. The second-order valence-corrected chi connectivity index (χ2v) is 7.90. The van der Waals surface area contributed by atoms with Gasteiger partial charge < -0.3 is 10.1 Å². The Bertz CT molecular complexity index is 870. The number of carbonyl (C=O) groups is 2. The average Bonchev–Trinajstić information content (AvgIpc) is 2.65. The third-order valence-corrected chi connectivity index (χ3v) is 5.37. The van der Waals surface area contributed by atoms with E-state index in [1.54, 1.807) is 42.5 Å². The van der Waals surface area contributed by atoms with Gasteiger partial charge in [0.1, 0.15) is 0 Å². The van der Waals surface area contributed by atoms with Gasteiger partial charge in [0, 0.05) is 4.47 Å². The molecule has 1 atom stereocenters. The van der Waals surface area contributed by atoms with Gasteiger partial charge in [0.25, 0.3) is 0 Å². The van der Waals surface area contributed by atoms with E-state index in [1.807, 2.05) is 0 Å². The summed E-state index contributed by atoms with van der Waals surface area (Å²) in [7, 11) is -2.64. The number of sulfonamides is 1. The number of hydrogen-bond acceptors (Lipinski definition) is 5. The van der Waals surface area contributed by atoms with E-state index in [4.69, 9.17) is 4.74 Å². The summed E-state index contributed by atoms with van der Waals surface area (Å²) >= 11 is 3.22. The van der Waals surface area contributed by atoms with Gasteiger partial charge in [-0.15, -0.1) is 0 Å². The maximum atomic E-state index is 12.2. The maximum Gasteiger partial charge on any atom is 0.333 e. The van der Waals surface area contributed by atoms with Crippen LogP contribution < -0.4 is 10.0 Å². The van der Waals surface area contributed by atoms with Crippen molar-refractivity contribution < 1.29 is 22.7 Å². The molecule has 2 aromatic rings. The molecule has 0 unspecified atom stereocenters. The molecule has 1 amide bonds. The van der Waals surface area contributed by atoms with Gasteiger partial charge in [0.2, 0.25) is 15.9 Å². The average molecular weight is 441 g/mol. The van der Waals surface area contributed by atoms with Crippen LogP contribution in [0.4, 0.5) is 0 Å². The summed E-state index contributed by atoms with van der Waals surface area (Å²) < 4.78 is 32.0. The lowest BCUT2D eigenvalue weighted by Crippen LogP contribution is -2.41. The Labute approximate surface area is 159 Å². The summed E-state index contributed by atoms with van der Waals surface area (Å²) in [5.41, 5.74) is 0.531. The predicted octanol–water partition coefficient (Wildman–Crippen LogP) is 1.76. The molecule has 9 heteroatoms. The molecule has 26 heavy (non-hydrogen) atoms. The van der Waals surface area contributed by atoms with Crippen molar-refractivity contribution in [2.24, 2.45) is 0 Å². The number of amides is 1. The molecule has 2 rings (SSSR count). The second kappa shape index (κ2) is 8.93. The summed E-state index contributed by atoms with van der Waals surface area (Å²) in [4.78, 5) is 24.1. The Balaban J connectivity index is 2.04. The standard InChI is InChI=1S/C17H17BrN2O5S/c1-25-17(22)16(12-5-3-2-4-6-12)20-15(21)11-19-26(23,24)14-9-7-13(18)8-10-14/h2-10,16,19H,11H2,1H3,(H,20,21)/t16-/m1/s1. The first-order valence-corrected chi connectivity index (χ1v) is 9.78.